The van der Waals surface area contributed by atoms with Gasteiger partial charge in [0.25, 0.3) is 0 Å². The molecule has 0 aromatic carbocycles. The molecule has 0 saturated heterocycles. The van der Waals surface area contributed by atoms with E-state index in [-0.39, 0.29) is 39.0 Å². The number of rotatable bonds is 0. The van der Waals surface area contributed by atoms with E-state index in [9.17, 15) is 0 Å². The van der Waals surface area contributed by atoms with Crippen LogP contribution in [0.4, 0.5) is 0 Å². The van der Waals surface area contributed by atoms with Crippen molar-refractivity contribution in [3.8, 4) is 0 Å². The first-order chi connectivity index (χ1) is 5.46. The van der Waals surface area contributed by atoms with Crippen molar-refractivity contribution in [2.45, 2.75) is 32.3 Å². The largest absolute Gasteiger partial charge is 0.344 e. The summed E-state index contributed by atoms with van der Waals surface area (Å²) in [6.07, 6.45) is 0. The van der Waals surface area contributed by atoms with E-state index < -0.39 is 32.3 Å². The van der Waals surface area contributed by atoms with Crippen LogP contribution in [0.3, 0.4) is 0 Å². The van der Waals surface area contributed by atoms with Gasteiger partial charge in [0.1, 0.15) is 0 Å². The van der Waals surface area contributed by atoms with Crippen LogP contribution in [0, 0.1) is 0 Å². The molecule has 0 spiro atoms. The zero-order chi connectivity index (χ0) is 9.46. The Bertz CT molecular complexity index is 115. The zero-order valence-electron chi connectivity index (χ0n) is 7.16. The van der Waals surface area contributed by atoms with Gasteiger partial charge < -0.3 is 6.15 Å². The third-order valence-electron chi connectivity index (χ3n) is 1.83. The number of halogens is 7. The molecule has 3 N–H and O–H groups in total. The van der Waals surface area contributed by atoms with Crippen molar-refractivity contribution in [3.63, 3.8) is 0 Å². The van der Waals surface area contributed by atoms with Crippen molar-refractivity contribution in [2.24, 2.45) is 0 Å². The molecular formula is C6H10Cl7NPd. The van der Waals surface area contributed by atoms with Crippen LogP contribution < -0.4 is 6.15 Å². The summed E-state index contributed by atoms with van der Waals surface area (Å²) in [5, 5.41) is -2.62. The normalized spacial score (nSPS) is 44.4. The quantitative estimate of drug-likeness (QED) is 0.435. The van der Waals surface area contributed by atoms with Crippen LogP contribution >= 0.6 is 82.0 Å². The summed E-state index contributed by atoms with van der Waals surface area (Å²) in [5.41, 5.74) is 0. The van der Waals surface area contributed by atoms with E-state index in [4.69, 9.17) is 69.6 Å². The molecule has 0 amide bonds. The smallest absolute Gasteiger partial charge is 0.0693 e. The maximum Gasteiger partial charge on any atom is 0.0693 e. The van der Waals surface area contributed by atoms with Gasteiger partial charge in [-0.2, -0.15) is 0 Å². The number of alkyl halides is 6. The van der Waals surface area contributed by atoms with Crippen molar-refractivity contribution in [2.75, 3.05) is 0 Å². The molecule has 9 heteroatoms. The molecule has 0 heterocycles. The van der Waals surface area contributed by atoms with Gasteiger partial charge in [-0.3, -0.25) is 0 Å². The minimum atomic E-state index is -0.437. The Hall–Kier alpha value is 2.65. The molecule has 0 atom stereocenters. The van der Waals surface area contributed by atoms with E-state index >= 15 is 0 Å². The van der Waals surface area contributed by atoms with Crippen LogP contribution in [0.2, 0.25) is 0 Å². The van der Waals surface area contributed by atoms with Gasteiger partial charge in [0.2, 0.25) is 0 Å². The van der Waals surface area contributed by atoms with Crippen molar-refractivity contribution in [3.05, 3.63) is 0 Å². The second kappa shape index (κ2) is 9.57. The van der Waals surface area contributed by atoms with E-state index in [0.717, 1.165) is 0 Å². The first kappa shape index (κ1) is 22.8. The van der Waals surface area contributed by atoms with Gasteiger partial charge in [0.05, 0.1) is 32.3 Å². The van der Waals surface area contributed by atoms with E-state index in [2.05, 4.69) is 0 Å². The Morgan fingerprint density at radius 2 is 0.533 bits per heavy atom. The summed E-state index contributed by atoms with van der Waals surface area (Å²) in [7, 11) is 0. The molecule has 1 rings (SSSR count). The van der Waals surface area contributed by atoms with Crippen LogP contribution in [-0.2, 0) is 20.4 Å². The Balaban J connectivity index is -0.000000480. The summed E-state index contributed by atoms with van der Waals surface area (Å²) < 4.78 is 0. The maximum atomic E-state index is 5.88. The third-order valence-corrected chi connectivity index (χ3v) is 5.86. The third kappa shape index (κ3) is 5.03. The molecule has 0 aliphatic heterocycles. The van der Waals surface area contributed by atoms with Gasteiger partial charge in [-0.25, -0.2) is 0 Å². The Morgan fingerprint density at radius 3 is 0.600 bits per heavy atom. The summed E-state index contributed by atoms with van der Waals surface area (Å²) in [4.78, 5) is 0. The van der Waals surface area contributed by atoms with Gasteiger partial charge in [-0.05, 0) is 0 Å². The monoisotopic (exact) mass is 447 g/mol. The first-order valence-corrected chi connectivity index (χ1v) is 5.93. The maximum absolute atomic E-state index is 5.88. The van der Waals surface area contributed by atoms with Gasteiger partial charge in [0.15, 0.2) is 0 Å². The molecular weight excluding hydrogens is 441 g/mol. The summed E-state index contributed by atoms with van der Waals surface area (Å²) in [6.45, 7) is 0. The zero-order valence-corrected chi connectivity index (χ0v) is 14.1. The van der Waals surface area contributed by atoms with Crippen LogP contribution in [0.15, 0.2) is 0 Å². The van der Waals surface area contributed by atoms with Crippen LogP contribution in [0.5, 0.6) is 0 Å². The molecule has 0 unspecified atom stereocenters. The first-order valence-electron chi connectivity index (χ1n) is 3.31. The number of hydrogen-bond acceptors (Lipinski definition) is 1. The molecule has 15 heavy (non-hydrogen) atoms. The molecule has 1 aliphatic carbocycles. The molecule has 0 bridgehead atoms. The predicted octanol–water partition coefficient (Wildman–Crippen LogP) is 4.23. The fraction of sp³-hybridized carbons (Fsp3) is 1.00. The molecule has 1 fully saturated rings. The van der Waals surface area contributed by atoms with E-state index in [1.807, 2.05) is 0 Å². The molecule has 1 aliphatic rings. The SMILES string of the molecule is Cl.ClC1C(Cl)C(Cl)C(Cl)C(Cl)C1Cl.N.[Pd]. The van der Waals surface area contributed by atoms with Gasteiger partial charge in [0, 0.05) is 20.4 Å². The van der Waals surface area contributed by atoms with Gasteiger partial charge in [-0.1, -0.05) is 0 Å². The Morgan fingerprint density at radius 1 is 0.467 bits per heavy atom. The Kier molecular flexibility index (Phi) is 14.5. The standard InChI is InChI=1S/C6H6Cl6.ClH.H3N.Pd/c7-1-2(8)4(10)6(12)5(11)3(1)9;;;/h1-6H;1H;1H3;. The molecule has 0 aromatic rings. The topological polar surface area (TPSA) is 35.0 Å². The average molecular weight is 451 g/mol. The number of hydrogen-bond donors (Lipinski definition) is 1. The molecule has 0 radical (unpaired) electrons. The van der Waals surface area contributed by atoms with Crippen LogP contribution in [0.25, 0.3) is 0 Å². The molecule has 1 saturated carbocycles. The fourth-order valence-corrected chi connectivity index (χ4v) is 3.38. The van der Waals surface area contributed by atoms with Crippen molar-refractivity contribution in [1.82, 2.24) is 6.15 Å². The summed E-state index contributed by atoms with van der Waals surface area (Å²) in [5.74, 6) is 0. The second-order valence-electron chi connectivity index (χ2n) is 2.67. The molecule has 98 valence electrons. The van der Waals surface area contributed by atoms with Crippen LogP contribution in [-0.4, -0.2) is 32.3 Å². The van der Waals surface area contributed by atoms with Gasteiger partial charge in [-0.15, -0.1) is 82.0 Å². The average Bonchev–Trinajstić information content (AvgIpc) is 2.08. The minimum absolute atomic E-state index is 0. The van der Waals surface area contributed by atoms with Crippen LogP contribution in [0.1, 0.15) is 0 Å². The second-order valence-corrected chi connectivity index (χ2v) is 5.69. The van der Waals surface area contributed by atoms with Crippen molar-refractivity contribution >= 4 is 82.0 Å². The van der Waals surface area contributed by atoms with Crippen molar-refractivity contribution < 1.29 is 20.4 Å². The van der Waals surface area contributed by atoms with Crippen molar-refractivity contribution in [1.29, 1.82) is 0 Å². The van der Waals surface area contributed by atoms with E-state index in [1.165, 1.54) is 0 Å². The predicted molar refractivity (Wildman–Crippen MR) is 70.1 cm³/mol. The Labute approximate surface area is 139 Å². The summed E-state index contributed by atoms with van der Waals surface area (Å²) >= 11 is 35.3. The molecule has 1 nitrogen and oxygen atoms in total. The van der Waals surface area contributed by atoms with E-state index in [1.54, 1.807) is 0 Å². The minimum Gasteiger partial charge on any atom is -0.344 e. The molecule has 0 aromatic heterocycles. The fourth-order valence-electron chi connectivity index (χ4n) is 1.05. The van der Waals surface area contributed by atoms with Gasteiger partial charge >= 0.3 is 0 Å². The summed E-state index contributed by atoms with van der Waals surface area (Å²) in [6, 6.07) is 0. The van der Waals surface area contributed by atoms with E-state index in [0.29, 0.717) is 0 Å².